The van der Waals surface area contributed by atoms with Crippen LogP contribution in [0, 0.1) is 0 Å². The fraction of sp³-hybridized carbons (Fsp3) is 0.556. The van der Waals surface area contributed by atoms with Gasteiger partial charge in [0.05, 0.1) is 43.8 Å². The summed E-state index contributed by atoms with van der Waals surface area (Å²) in [4.78, 5) is 30.2. The number of carbonyl (C=O) groups is 2. The van der Waals surface area contributed by atoms with E-state index in [0.29, 0.717) is 24.4 Å². The number of hydrogen-bond donors (Lipinski definition) is 2. The van der Waals surface area contributed by atoms with Crippen LogP contribution in [0.3, 0.4) is 0 Å². The molecule has 0 bridgehead atoms. The van der Waals surface area contributed by atoms with Gasteiger partial charge < -0.3 is 24.3 Å². The molecule has 8 heteroatoms. The van der Waals surface area contributed by atoms with Gasteiger partial charge in [-0.1, -0.05) is 0 Å². The number of furan rings is 1. The Hall–Kier alpha value is -2.32. The summed E-state index contributed by atoms with van der Waals surface area (Å²) in [6.45, 7) is 5.91. The highest BCUT2D eigenvalue weighted by Crippen LogP contribution is 2.35. The summed E-state index contributed by atoms with van der Waals surface area (Å²) < 4.78 is 10.8. The molecule has 26 heavy (non-hydrogen) atoms. The summed E-state index contributed by atoms with van der Waals surface area (Å²) in [6.07, 6.45) is 2.50. The largest absolute Gasteiger partial charge is 0.467 e. The summed E-state index contributed by atoms with van der Waals surface area (Å²) >= 11 is 0. The predicted octanol–water partition coefficient (Wildman–Crippen LogP) is -0.623. The molecule has 0 saturated carbocycles. The maximum atomic E-state index is 13.0. The van der Waals surface area contributed by atoms with Crippen LogP contribution in [0.15, 0.2) is 34.1 Å². The molecule has 3 aliphatic rings. The summed E-state index contributed by atoms with van der Waals surface area (Å²) in [5, 5.41) is 2.87. The Labute approximate surface area is 152 Å². The zero-order valence-corrected chi connectivity index (χ0v) is 15.0. The van der Waals surface area contributed by atoms with Gasteiger partial charge in [-0.25, -0.2) is 4.79 Å². The van der Waals surface area contributed by atoms with Crippen LogP contribution in [0.1, 0.15) is 18.2 Å². The van der Waals surface area contributed by atoms with Gasteiger partial charge in [-0.15, -0.1) is 0 Å². The van der Waals surface area contributed by atoms with E-state index in [9.17, 15) is 9.59 Å². The van der Waals surface area contributed by atoms with Gasteiger partial charge in [-0.2, -0.15) is 0 Å². The van der Waals surface area contributed by atoms with Crippen molar-refractivity contribution in [3.05, 3.63) is 35.4 Å². The minimum atomic E-state index is -0.508. The quantitative estimate of drug-likeness (QED) is 0.733. The van der Waals surface area contributed by atoms with E-state index < -0.39 is 6.04 Å². The average molecular weight is 361 g/mol. The van der Waals surface area contributed by atoms with Gasteiger partial charge in [0.25, 0.3) is 5.91 Å². The number of ether oxygens (including phenoxy) is 1. The highest BCUT2D eigenvalue weighted by molar-refractivity contribution is 6.01. The van der Waals surface area contributed by atoms with E-state index in [1.807, 2.05) is 4.90 Å². The minimum absolute atomic E-state index is 0.00905. The summed E-state index contributed by atoms with van der Waals surface area (Å²) in [7, 11) is 1.71. The van der Waals surface area contributed by atoms with E-state index in [-0.39, 0.29) is 11.9 Å². The first-order valence-corrected chi connectivity index (χ1v) is 9.16. The van der Waals surface area contributed by atoms with E-state index >= 15 is 0 Å². The smallest absolute Gasteiger partial charge is 0.322 e. The Bertz CT molecular complexity index is 709. The lowest BCUT2D eigenvalue weighted by Gasteiger charge is -2.29. The molecule has 0 aliphatic carbocycles. The van der Waals surface area contributed by atoms with Crippen LogP contribution in [-0.4, -0.2) is 74.7 Å². The van der Waals surface area contributed by atoms with Crippen LogP contribution in [0.5, 0.6) is 0 Å². The molecule has 8 nitrogen and oxygen atoms in total. The summed E-state index contributed by atoms with van der Waals surface area (Å²) in [5.74, 6) is 0.581. The number of likely N-dealkylation sites (N-methyl/N-ethyl adjacent to an activating group) is 1. The maximum absolute atomic E-state index is 13.0. The fourth-order valence-electron chi connectivity index (χ4n) is 3.90. The molecule has 0 unspecified atom stereocenters. The van der Waals surface area contributed by atoms with Gasteiger partial charge in [-0.3, -0.25) is 9.69 Å². The van der Waals surface area contributed by atoms with Crippen LogP contribution in [-0.2, 0) is 9.53 Å². The Kier molecular flexibility index (Phi) is 4.69. The van der Waals surface area contributed by atoms with Crippen molar-refractivity contribution in [1.29, 1.82) is 0 Å². The number of amides is 3. The Morgan fingerprint density at radius 1 is 1.31 bits per heavy atom. The van der Waals surface area contributed by atoms with E-state index in [1.165, 1.54) is 4.90 Å². The van der Waals surface area contributed by atoms with Gasteiger partial charge in [0.1, 0.15) is 24.9 Å². The third-order valence-corrected chi connectivity index (χ3v) is 5.42. The highest BCUT2D eigenvalue weighted by atomic mass is 16.5. The fourth-order valence-corrected chi connectivity index (χ4v) is 3.90. The lowest BCUT2D eigenvalue weighted by molar-refractivity contribution is -0.908. The number of carbonyl (C=O) groups excluding carboxylic acids is 2. The molecule has 0 aromatic carbocycles. The molecule has 1 aromatic rings. The lowest BCUT2D eigenvalue weighted by atomic mass is 10.0. The SMILES string of the molecule is CN1C(=O)N[C@H](c2ccco2)C2=C1CN(CCC[NH+]1CCOCC1)C2=O. The molecule has 1 saturated heterocycles. The van der Waals surface area contributed by atoms with E-state index in [4.69, 9.17) is 9.15 Å². The number of hydrogen-bond acceptors (Lipinski definition) is 4. The van der Waals surface area contributed by atoms with Crippen molar-refractivity contribution in [1.82, 2.24) is 15.1 Å². The maximum Gasteiger partial charge on any atom is 0.322 e. The number of urea groups is 1. The van der Waals surface area contributed by atoms with Gasteiger partial charge in [0.2, 0.25) is 0 Å². The normalized spacial score (nSPS) is 24.3. The standard InChI is InChI=1S/C18H24N4O4/c1-20-13-12-22(6-3-5-21-7-10-25-11-8-21)17(23)15(13)16(19-18(20)24)14-4-2-9-26-14/h2,4,9,16H,3,5-8,10-12H2,1H3,(H,19,24)/p+1/t16-/m1/s1. The Morgan fingerprint density at radius 3 is 2.85 bits per heavy atom. The van der Waals surface area contributed by atoms with Gasteiger partial charge in [0, 0.05) is 20.0 Å². The Morgan fingerprint density at radius 2 is 2.12 bits per heavy atom. The van der Waals surface area contributed by atoms with E-state index in [2.05, 4.69) is 5.32 Å². The molecule has 2 N–H and O–H groups in total. The molecular formula is C18H25N4O4+. The highest BCUT2D eigenvalue weighted by Gasteiger charge is 2.43. The van der Waals surface area contributed by atoms with Crippen molar-refractivity contribution < 1.29 is 23.6 Å². The topological polar surface area (TPSA) is 79.5 Å². The molecule has 1 fully saturated rings. The van der Waals surface area contributed by atoms with Gasteiger partial charge in [0.15, 0.2) is 0 Å². The van der Waals surface area contributed by atoms with Crippen LogP contribution in [0.25, 0.3) is 0 Å². The molecule has 4 rings (SSSR count). The zero-order valence-electron chi connectivity index (χ0n) is 15.0. The zero-order chi connectivity index (χ0) is 18.1. The third-order valence-electron chi connectivity index (χ3n) is 5.42. The summed E-state index contributed by atoms with van der Waals surface area (Å²) in [6, 6.07) is 2.84. The third kappa shape index (κ3) is 3.10. The van der Waals surface area contributed by atoms with Crippen molar-refractivity contribution in [3.8, 4) is 0 Å². The number of nitrogens with one attached hydrogen (secondary N) is 2. The van der Waals surface area contributed by atoms with Crippen molar-refractivity contribution in [2.75, 3.05) is 53.0 Å². The number of quaternary nitrogens is 1. The van der Waals surface area contributed by atoms with Crippen LogP contribution >= 0.6 is 0 Å². The van der Waals surface area contributed by atoms with Crippen molar-refractivity contribution >= 4 is 11.9 Å². The monoisotopic (exact) mass is 361 g/mol. The van der Waals surface area contributed by atoms with E-state index in [0.717, 1.165) is 45.0 Å². The second-order valence-electron chi connectivity index (χ2n) is 7.01. The molecule has 140 valence electrons. The van der Waals surface area contributed by atoms with Crippen molar-refractivity contribution in [2.45, 2.75) is 12.5 Å². The molecule has 0 spiro atoms. The molecule has 4 heterocycles. The van der Waals surface area contributed by atoms with Crippen molar-refractivity contribution in [3.63, 3.8) is 0 Å². The van der Waals surface area contributed by atoms with Gasteiger partial charge >= 0.3 is 6.03 Å². The molecular weight excluding hydrogens is 336 g/mol. The first-order valence-electron chi connectivity index (χ1n) is 9.16. The van der Waals surface area contributed by atoms with Crippen LogP contribution in [0.2, 0.25) is 0 Å². The first-order chi connectivity index (χ1) is 12.6. The number of rotatable bonds is 5. The van der Waals surface area contributed by atoms with Crippen LogP contribution < -0.4 is 10.2 Å². The van der Waals surface area contributed by atoms with Crippen LogP contribution in [0.4, 0.5) is 4.79 Å². The molecule has 3 aliphatic heterocycles. The second kappa shape index (κ2) is 7.13. The predicted molar refractivity (Wildman–Crippen MR) is 92.3 cm³/mol. The number of morpholine rings is 1. The Balaban J connectivity index is 1.44. The minimum Gasteiger partial charge on any atom is -0.467 e. The molecule has 0 radical (unpaired) electrons. The molecule has 1 atom stereocenters. The number of nitrogens with zero attached hydrogens (tertiary/aromatic N) is 2. The summed E-state index contributed by atoms with van der Waals surface area (Å²) in [5.41, 5.74) is 1.40. The lowest BCUT2D eigenvalue weighted by Crippen LogP contribution is -3.14. The van der Waals surface area contributed by atoms with Crippen molar-refractivity contribution in [2.24, 2.45) is 0 Å². The van der Waals surface area contributed by atoms with Gasteiger partial charge in [-0.05, 0) is 12.1 Å². The van der Waals surface area contributed by atoms with E-state index in [1.54, 1.807) is 30.3 Å². The average Bonchev–Trinajstić information content (AvgIpc) is 3.29. The molecule has 3 amide bonds. The molecule has 1 aromatic heterocycles. The first kappa shape index (κ1) is 17.1. The second-order valence-corrected chi connectivity index (χ2v) is 7.01.